The molecule has 0 bridgehead atoms. The van der Waals surface area contributed by atoms with Crippen molar-refractivity contribution in [1.82, 2.24) is 19.4 Å². The highest BCUT2D eigenvalue weighted by Gasteiger charge is 2.26. The maximum absolute atomic E-state index is 13.3. The highest BCUT2D eigenvalue weighted by Crippen LogP contribution is 2.23. The zero-order chi connectivity index (χ0) is 22.6. The second kappa shape index (κ2) is 9.77. The summed E-state index contributed by atoms with van der Waals surface area (Å²) >= 11 is 0. The predicted molar refractivity (Wildman–Crippen MR) is 129 cm³/mol. The van der Waals surface area contributed by atoms with E-state index in [0.29, 0.717) is 11.7 Å². The van der Waals surface area contributed by atoms with E-state index >= 15 is 0 Å². The smallest absolute Gasteiger partial charge is 0.242 e. The summed E-state index contributed by atoms with van der Waals surface area (Å²) in [5.74, 6) is 1.55. The van der Waals surface area contributed by atoms with Crippen molar-refractivity contribution in [2.75, 3.05) is 26.2 Å². The van der Waals surface area contributed by atoms with E-state index in [1.807, 2.05) is 38.6 Å². The Balaban J connectivity index is 1.25. The molecule has 0 aliphatic carbocycles. The van der Waals surface area contributed by atoms with Crippen LogP contribution in [0.4, 0.5) is 0 Å². The molecule has 5 rings (SSSR count). The number of nitrogens with zero attached hydrogens (tertiary/aromatic N) is 4. The molecule has 0 unspecified atom stereocenters. The number of carbonyl (C=O) groups excluding carboxylic acids is 2. The van der Waals surface area contributed by atoms with Crippen molar-refractivity contribution in [3.63, 3.8) is 0 Å². The number of para-hydroxylation sites is 2. The number of fused-ring (bicyclic) bond motifs is 1. The van der Waals surface area contributed by atoms with Crippen molar-refractivity contribution in [3.8, 4) is 0 Å². The molecule has 0 N–H and O–H groups in total. The monoisotopic (exact) mass is 444 g/mol. The van der Waals surface area contributed by atoms with Gasteiger partial charge >= 0.3 is 0 Å². The van der Waals surface area contributed by atoms with Crippen LogP contribution in [-0.2, 0) is 29.0 Å². The molecule has 1 aromatic heterocycles. The van der Waals surface area contributed by atoms with Gasteiger partial charge in [-0.2, -0.15) is 0 Å². The normalized spacial score (nSPS) is 17.1. The second-order valence-corrected chi connectivity index (χ2v) is 9.38. The summed E-state index contributed by atoms with van der Waals surface area (Å²) in [6.45, 7) is 3.49. The third-order valence-electron chi connectivity index (χ3n) is 7.13. The molecule has 3 heterocycles. The molecule has 2 amide bonds. The molecule has 172 valence electrons. The van der Waals surface area contributed by atoms with Crippen LogP contribution in [0.25, 0.3) is 11.0 Å². The Bertz CT molecular complexity index is 1110. The topological polar surface area (TPSA) is 58.4 Å². The van der Waals surface area contributed by atoms with Gasteiger partial charge in [-0.3, -0.25) is 9.59 Å². The van der Waals surface area contributed by atoms with E-state index in [1.165, 1.54) is 5.56 Å². The molecule has 0 atom stereocenters. The minimum Gasteiger partial charge on any atom is -0.342 e. The summed E-state index contributed by atoms with van der Waals surface area (Å²) in [7, 11) is 0. The molecule has 33 heavy (non-hydrogen) atoms. The average molecular weight is 445 g/mol. The first-order valence-corrected chi connectivity index (χ1v) is 12.2. The molecule has 0 spiro atoms. The lowest BCUT2D eigenvalue weighted by atomic mass is 9.90. The fourth-order valence-corrected chi connectivity index (χ4v) is 5.22. The molecule has 2 saturated heterocycles. The Kier molecular flexibility index (Phi) is 6.42. The van der Waals surface area contributed by atoms with Crippen LogP contribution in [0.1, 0.15) is 37.1 Å². The summed E-state index contributed by atoms with van der Waals surface area (Å²) in [6.07, 6.45) is 5.54. The van der Waals surface area contributed by atoms with Crippen LogP contribution < -0.4 is 0 Å². The van der Waals surface area contributed by atoms with Crippen LogP contribution in [0, 0.1) is 5.92 Å². The number of imidazole rings is 1. The van der Waals surface area contributed by atoms with Gasteiger partial charge in [0.05, 0.1) is 17.5 Å². The number of carbonyl (C=O) groups is 2. The van der Waals surface area contributed by atoms with Crippen LogP contribution in [0.15, 0.2) is 54.6 Å². The van der Waals surface area contributed by atoms with Gasteiger partial charge in [0.1, 0.15) is 12.4 Å². The lowest BCUT2D eigenvalue weighted by Crippen LogP contribution is -2.41. The molecule has 6 heteroatoms. The van der Waals surface area contributed by atoms with Crippen molar-refractivity contribution in [3.05, 3.63) is 66.0 Å². The van der Waals surface area contributed by atoms with E-state index in [2.05, 4.69) is 30.3 Å². The predicted octanol–water partition coefficient (Wildman–Crippen LogP) is 3.68. The highest BCUT2D eigenvalue weighted by atomic mass is 16.2. The molecule has 0 saturated carbocycles. The van der Waals surface area contributed by atoms with E-state index in [0.717, 1.165) is 69.3 Å². The number of amides is 2. The number of piperidine rings is 1. The quantitative estimate of drug-likeness (QED) is 0.583. The first-order valence-electron chi connectivity index (χ1n) is 12.2. The zero-order valence-corrected chi connectivity index (χ0v) is 19.2. The Morgan fingerprint density at radius 2 is 1.48 bits per heavy atom. The number of benzene rings is 2. The van der Waals surface area contributed by atoms with Gasteiger partial charge < -0.3 is 14.4 Å². The second-order valence-electron chi connectivity index (χ2n) is 9.38. The van der Waals surface area contributed by atoms with Crippen molar-refractivity contribution >= 4 is 22.8 Å². The fraction of sp³-hybridized carbons (Fsp3) is 0.444. The summed E-state index contributed by atoms with van der Waals surface area (Å²) in [6, 6.07) is 18.5. The van der Waals surface area contributed by atoms with E-state index < -0.39 is 0 Å². The van der Waals surface area contributed by atoms with E-state index in [4.69, 9.17) is 4.98 Å². The molecule has 2 aliphatic heterocycles. The third-order valence-corrected chi connectivity index (χ3v) is 7.13. The number of aromatic nitrogens is 2. The Hall–Kier alpha value is -3.15. The minimum atomic E-state index is 0.109. The van der Waals surface area contributed by atoms with Crippen molar-refractivity contribution in [1.29, 1.82) is 0 Å². The van der Waals surface area contributed by atoms with Gasteiger partial charge in [-0.1, -0.05) is 42.5 Å². The van der Waals surface area contributed by atoms with Crippen LogP contribution >= 0.6 is 0 Å². The number of likely N-dealkylation sites (tertiary alicyclic amines) is 2. The molecule has 2 aliphatic rings. The molecule has 3 aromatic rings. The van der Waals surface area contributed by atoms with Gasteiger partial charge in [0.25, 0.3) is 0 Å². The Morgan fingerprint density at radius 1 is 0.818 bits per heavy atom. The van der Waals surface area contributed by atoms with Crippen molar-refractivity contribution in [2.24, 2.45) is 5.92 Å². The zero-order valence-electron chi connectivity index (χ0n) is 19.2. The first kappa shape index (κ1) is 21.7. The summed E-state index contributed by atoms with van der Waals surface area (Å²) in [5.41, 5.74) is 3.14. The number of hydrogen-bond donors (Lipinski definition) is 0. The van der Waals surface area contributed by atoms with E-state index in [9.17, 15) is 9.59 Å². The summed E-state index contributed by atoms with van der Waals surface area (Å²) in [4.78, 5) is 34.7. The largest absolute Gasteiger partial charge is 0.342 e. The van der Waals surface area contributed by atoms with Gasteiger partial charge in [0.2, 0.25) is 11.8 Å². The Labute approximate surface area is 195 Å². The lowest BCUT2D eigenvalue weighted by molar-refractivity contribution is -0.133. The first-order chi connectivity index (χ1) is 16.2. The Morgan fingerprint density at radius 3 is 2.24 bits per heavy atom. The lowest BCUT2D eigenvalue weighted by Gasteiger charge is -2.32. The van der Waals surface area contributed by atoms with Crippen LogP contribution in [-0.4, -0.2) is 57.3 Å². The highest BCUT2D eigenvalue weighted by molar-refractivity contribution is 5.84. The third kappa shape index (κ3) is 4.95. The van der Waals surface area contributed by atoms with Crippen molar-refractivity contribution in [2.45, 2.75) is 45.1 Å². The van der Waals surface area contributed by atoms with Gasteiger partial charge in [-0.15, -0.1) is 0 Å². The van der Waals surface area contributed by atoms with Gasteiger partial charge in [0, 0.05) is 26.2 Å². The van der Waals surface area contributed by atoms with Gasteiger partial charge in [0.15, 0.2) is 0 Å². The summed E-state index contributed by atoms with van der Waals surface area (Å²) in [5, 5.41) is 0. The molecule has 2 fully saturated rings. The maximum atomic E-state index is 13.3. The molecule has 0 radical (unpaired) electrons. The van der Waals surface area contributed by atoms with Gasteiger partial charge in [-0.25, -0.2) is 4.98 Å². The molecular formula is C27H32N4O2. The van der Waals surface area contributed by atoms with Gasteiger partial charge in [-0.05, 0) is 55.7 Å². The number of hydrogen-bond acceptors (Lipinski definition) is 3. The minimum absolute atomic E-state index is 0.109. The van der Waals surface area contributed by atoms with Crippen LogP contribution in [0.2, 0.25) is 0 Å². The maximum Gasteiger partial charge on any atom is 0.242 e. The van der Waals surface area contributed by atoms with Crippen LogP contribution in [0.3, 0.4) is 0 Å². The SMILES string of the molecule is O=C(Cc1nc2ccccc2n1CC(=O)N1CCC(Cc2ccccc2)CC1)N1CCCC1. The molecular weight excluding hydrogens is 412 g/mol. The summed E-state index contributed by atoms with van der Waals surface area (Å²) < 4.78 is 1.96. The van der Waals surface area contributed by atoms with Crippen LogP contribution in [0.5, 0.6) is 0 Å². The standard InChI is InChI=1S/C27H32N4O2/c32-26(29-14-6-7-15-29)19-25-28-23-10-4-5-11-24(23)31(25)20-27(33)30-16-12-22(13-17-30)18-21-8-2-1-3-9-21/h1-5,8-11,22H,6-7,12-20H2. The molecule has 6 nitrogen and oxygen atoms in total. The van der Waals surface area contributed by atoms with E-state index in [1.54, 1.807) is 0 Å². The number of rotatable bonds is 6. The average Bonchev–Trinajstić information content (AvgIpc) is 3.49. The van der Waals surface area contributed by atoms with Crippen molar-refractivity contribution < 1.29 is 9.59 Å². The molecule has 2 aromatic carbocycles. The van der Waals surface area contributed by atoms with E-state index in [-0.39, 0.29) is 24.8 Å². The fourth-order valence-electron chi connectivity index (χ4n) is 5.22.